The van der Waals surface area contributed by atoms with Crippen molar-refractivity contribution < 1.29 is 19.4 Å². The van der Waals surface area contributed by atoms with E-state index in [0.717, 1.165) is 0 Å². The molecule has 0 bridgehead atoms. The van der Waals surface area contributed by atoms with Gasteiger partial charge in [-0.15, -0.1) is 0 Å². The van der Waals surface area contributed by atoms with E-state index < -0.39 is 5.97 Å². The lowest BCUT2D eigenvalue weighted by molar-refractivity contribution is -0.138. The van der Waals surface area contributed by atoms with E-state index in [0.29, 0.717) is 25.6 Å². The van der Waals surface area contributed by atoms with Gasteiger partial charge in [0.05, 0.1) is 19.3 Å². The van der Waals surface area contributed by atoms with Gasteiger partial charge in [-0.05, 0) is 12.3 Å². The van der Waals surface area contributed by atoms with Crippen molar-refractivity contribution in [1.82, 2.24) is 0 Å². The summed E-state index contributed by atoms with van der Waals surface area (Å²) < 4.78 is 10.4. The van der Waals surface area contributed by atoms with Gasteiger partial charge >= 0.3 is 5.97 Å². The maximum absolute atomic E-state index is 10.4. The molecule has 0 aromatic heterocycles. The monoisotopic (exact) mass is 204 g/mol. The minimum Gasteiger partial charge on any atom is -0.481 e. The lowest BCUT2D eigenvalue weighted by Gasteiger charge is -2.20. The molecule has 0 amide bonds. The minimum atomic E-state index is -0.772. The molecule has 0 aromatic rings. The lowest BCUT2D eigenvalue weighted by atomic mass is 10.0. The molecule has 0 aromatic carbocycles. The molecule has 0 rings (SSSR count). The van der Waals surface area contributed by atoms with E-state index in [1.807, 2.05) is 13.8 Å². The Morgan fingerprint density at radius 3 is 2.43 bits per heavy atom. The first-order valence-corrected chi connectivity index (χ1v) is 4.90. The normalized spacial score (nSPS) is 13.1. The quantitative estimate of drug-likeness (QED) is 0.609. The van der Waals surface area contributed by atoms with E-state index in [2.05, 4.69) is 0 Å². The molecular formula is C10H20O4. The molecule has 0 radical (unpaired) electrons. The number of hydrogen-bond donors (Lipinski definition) is 1. The Hall–Kier alpha value is -0.610. The van der Waals surface area contributed by atoms with Crippen LogP contribution in [0.5, 0.6) is 0 Å². The van der Waals surface area contributed by atoms with Gasteiger partial charge in [0.15, 0.2) is 0 Å². The largest absolute Gasteiger partial charge is 0.481 e. The van der Waals surface area contributed by atoms with Crippen LogP contribution < -0.4 is 0 Å². The molecule has 1 unspecified atom stereocenters. The Labute approximate surface area is 85.2 Å². The molecule has 4 heteroatoms. The molecule has 0 saturated carbocycles. The van der Waals surface area contributed by atoms with Crippen LogP contribution in [0, 0.1) is 5.92 Å². The summed E-state index contributed by atoms with van der Waals surface area (Å²) in [4.78, 5) is 10.4. The Balaban J connectivity index is 3.72. The third-order valence-corrected chi connectivity index (χ3v) is 2.01. The molecule has 0 saturated heterocycles. The van der Waals surface area contributed by atoms with E-state index in [9.17, 15) is 4.79 Å². The van der Waals surface area contributed by atoms with Crippen LogP contribution in [-0.4, -0.2) is 37.5 Å². The number of aliphatic carboxylic acids is 1. The highest BCUT2D eigenvalue weighted by Crippen LogP contribution is 2.12. The molecule has 0 aliphatic rings. The third kappa shape index (κ3) is 6.86. The minimum absolute atomic E-state index is 0.0150. The second-order valence-corrected chi connectivity index (χ2v) is 3.58. The van der Waals surface area contributed by atoms with Crippen LogP contribution in [0.1, 0.15) is 26.7 Å². The summed E-state index contributed by atoms with van der Waals surface area (Å²) in [5.74, 6) is -0.433. The Bertz CT molecular complexity index is 156. The van der Waals surface area contributed by atoms with Crippen LogP contribution in [0.25, 0.3) is 0 Å². The van der Waals surface area contributed by atoms with Crippen molar-refractivity contribution >= 4 is 5.97 Å². The van der Waals surface area contributed by atoms with E-state index >= 15 is 0 Å². The number of methoxy groups -OCH3 is 1. The fourth-order valence-corrected chi connectivity index (χ4v) is 1.16. The summed E-state index contributed by atoms with van der Waals surface area (Å²) in [5, 5.41) is 8.54. The van der Waals surface area contributed by atoms with Crippen LogP contribution >= 0.6 is 0 Å². The fourth-order valence-electron chi connectivity index (χ4n) is 1.16. The number of carboxylic acid groups (broad SMARTS) is 1. The summed E-state index contributed by atoms with van der Waals surface area (Å²) in [5.41, 5.74) is 0. The maximum Gasteiger partial charge on any atom is 0.303 e. The predicted octanol–water partition coefficient (Wildman–Crippen LogP) is 1.54. The van der Waals surface area contributed by atoms with Crippen molar-refractivity contribution in [1.29, 1.82) is 0 Å². The van der Waals surface area contributed by atoms with Crippen LogP contribution in [0.2, 0.25) is 0 Å². The lowest BCUT2D eigenvalue weighted by Crippen LogP contribution is -2.22. The van der Waals surface area contributed by atoms with Crippen molar-refractivity contribution in [3.8, 4) is 0 Å². The summed E-state index contributed by atoms with van der Waals surface area (Å²) in [7, 11) is 1.62. The second kappa shape index (κ2) is 7.76. The van der Waals surface area contributed by atoms with Gasteiger partial charge in [0, 0.05) is 13.5 Å². The van der Waals surface area contributed by atoms with Crippen molar-refractivity contribution in [3.05, 3.63) is 0 Å². The molecule has 0 heterocycles. The zero-order valence-electron chi connectivity index (χ0n) is 9.16. The molecule has 1 atom stereocenters. The summed E-state index contributed by atoms with van der Waals surface area (Å²) in [6, 6.07) is 0. The molecule has 1 N–H and O–H groups in total. The summed E-state index contributed by atoms with van der Waals surface area (Å²) in [6.07, 6.45) is 0.744. The fraction of sp³-hybridized carbons (Fsp3) is 0.900. The number of hydrogen-bond acceptors (Lipinski definition) is 3. The molecule has 0 spiro atoms. The molecule has 0 aliphatic carbocycles. The Kier molecular flexibility index (Phi) is 7.42. The number of carboxylic acids is 1. The first-order valence-electron chi connectivity index (χ1n) is 4.90. The van der Waals surface area contributed by atoms with Gasteiger partial charge in [0.2, 0.25) is 0 Å². The smallest absolute Gasteiger partial charge is 0.303 e. The SMILES string of the molecule is COCCOC(CCC(=O)O)C(C)C. The number of ether oxygens (including phenoxy) is 2. The van der Waals surface area contributed by atoms with Crippen molar-refractivity contribution in [2.75, 3.05) is 20.3 Å². The van der Waals surface area contributed by atoms with Crippen LogP contribution in [0.4, 0.5) is 0 Å². The van der Waals surface area contributed by atoms with Crippen LogP contribution in [-0.2, 0) is 14.3 Å². The number of carbonyl (C=O) groups is 1. The van der Waals surface area contributed by atoms with E-state index in [1.165, 1.54) is 0 Å². The molecule has 4 nitrogen and oxygen atoms in total. The first-order chi connectivity index (χ1) is 6.57. The van der Waals surface area contributed by atoms with Gasteiger partial charge in [0.25, 0.3) is 0 Å². The van der Waals surface area contributed by atoms with Crippen LogP contribution in [0.3, 0.4) is 0 Å². The second-order valence-electron chi connectivity index (χ2n) is 3.58. The molecule has 84 valence electrons. The van der Waals surface area contributed by atoms with Gasteiger partial charge in [-0.25, -0.2) is 0 Å². The van der Waals surface area contributed by atoms with E-state index in [1.54, 1.807) is 7.11 Å². The van der Waals surface area contributed by atoms with Gasteiger partial charge in [-0.2, -0.15) is 0 Å². The van der Waals surface area contributed by atoms with Gasteiger partial charge in [-0.1, -0.05) is 13.8 Å². The zero-order valence-corrected chi connectivity index (χ0v) is 9.16. The van der Waals surface area contributed by atoms with Gasteiger partial charge in [0.1, 0.15) is 0 Å². The molecular weight excluding hydrogens is 184 g/mol. The van der Waals surface area contributed by atoms with Crippen molar-refractivity contribution in [2.24, 2.45) is 5.92 Å². The summed E-state index contributed by atoms with van der Waals surface area (Å²) >= 11 is 0. The highest BCUT2D eigenvalue weighted by atomic mass is 16.5. The zero-order chi connectivity index (χ0) is 11.0. The van der Waals surface area contributed by atoms with Crippen LogP contribution in [0.15, 0.2) is 0 Å². The number of rotatable bonds is 8. The maximum atomic E-state index is 10.4. The summed E-state index contributed by atoms with van der Waals surface area (Å²) in [6.45, 7) is 5.13. The standard InChI is InChI=1S/C10H20O4/c1-8(2)9(4-5-10(11)12)14-7-6-13-3/h8-9H,4-7H2,1-3H3,(H,11,12). The molecule has 0 aliphatic heterocycles. The first kappa shape index (κ1) is 13.4. The predicted molar refractivity (Wildman–Crippen MR) is 53.3 cm³/mol. The van der Waals surface area contributed by atoms with E-state index in [-0.39, 0.29) is 12.5 Å². The van der Waals surface area contributed by atoms with Gasteiger partial charge in [-0.3, -0.25) is 4.79 Å². The third-order valence-electron chi connectivity index (χ3n) is 2.01. The van der Waals surface area contributed by atoms with E-state index in [4.69, 9.17) is 14.6 Å². The average Bonchev–Trinajstić information content (AvgIpc) is 2.10. The van der Waals surface area contributed by atoms with Crippen molar-refractivity contribution in [2.45, 2.75) is 32.8 Å². The van der Waals surface area contributed by atoms with Gasteiger partial charge < -0.3 is 14.6 Å². The highest BCUT2D eigenvalue weighted by Gasteiger charge is 2.14. The Morgan fingerprint density at radius 2 is 2.00 bits per heavy atom. The molecule has 14 heavy (non-hydrogen) atoms. The molecule has 0 fully saturated rings. The highest BCUT2D eigenvalue weighted by molar-refractivity contribution is 5.66. The average molecular weight is 204 g/mol. The Morgan fingerprint density at radius 1 is 1.36 bits per heavy atom. The topological polar surface area (TPSA) is 55.8 Å². The van der Waals surface area contributed by atoms with Crippen molar-refractivity contribution in [3.63, 3.8) is 0 Å².